The SMILES string of the molecule is CC[C@@H](C)C(=O)O[C@H]1[C@H](O)[C@H]2[C@@H](CN3C[C@@H](C)CC[C@H]3C2(C)O)[C@@H]2C[C@]34O[C@]5(O)[C@@H](OC(=O)[C@@](C)(O)[C@@H](C)O)CC[C@@]3(C)[C@@H]5C[C@@H](O)[C@H]4[C@@]21O. The molecule has 13 heteroatoms. The molecule has 7 fully saturated rings. The Hall–Kier alpha value is -1.42. The van der Waals surface area contributed by atoms with E-state index in [0.717, 1.165) is 26.3 Å². The van der Waals surface area contributed by atoms with Gasteiger partial charge in [0.25, 0.3) is 0 Å². The molecule has 7 N–H and O–H groups in total. The number of aliphatic hydroxyl groups excluding tert-OH is 3. The summed E-state index contributed by atoms with van der Waals surface area (Å²) in [6.45, 7) is 13.1. The molecule has 4 bridgehead atoms. The number of hydrogen-bond donors (Lipinski definition) is 7. The quantitative estimate of drug-likeness (QED) is 0.188. The Bertz CT molecular complexity index is 1390. The van der Waals surface area contributed by atoms with Gasteiger partial charge in [0.05, 0.1) is 35.4 Å². The Kier molecular flexibility index (Phi) is 8.52. The number of fused-ring (bicyclic) bond motifs is 5. The molecule has 284 valence electrons. The predicted octanol–water partition coefficient (Wildman–Crippen LogP) is 0.466. The van der Waals surface area contributed by atoms with Gasteiger partial charge in [0.15, 0.2) is 17.8 Å². The highest BCUT2D eigenvalue weighted by Crippen LogP contribution is 2.77. The van der Waals surface area contributed by atoms with Crippen LogP contribution in [0.3, 0.4) is 0 Å². The van der Waals surface area contributed by atoms with Crippen LogP contribution in [-0.2, 0) is 23.8 Å². The molecule has 3 aliphatic heterocycles. The molecule has 0 radical (unpaired) electrons. The maximum absolute atomic E-state index is 13.5. The second kappa shape index (κ2) is 11.5. The first kappa shape index (κ1) is 36.9. The molecule has 0 aromatic rings. The number of esters is 2. The summed E-state index contributed by atoms with van der Waals surface area (Å²) >= 11 is 0. The molecule has 3 saturated heterocycles. The number of hydrogen-bond acceptors (Lipinski definition) is 13. The van der Waals surface area contributed by atoms with Crippen molar-refractivity contribution in [2.45, 2.75) is 158 Å². The normalized spacial score (nSPS) is 54.6. The summed E-state index contributed by atoms with van der Waals surface area (Å²) in [5, 5.41) is 83.5. The summed E-state index contributed by atoms with van der Waals surface area (Å²) in [7, 11) is 0. The second-order valence-corrected chi connectivity index (χ2v) is 18.2. The minimum absolute atomic E-state index is 0.0328. The highest BCUT2D eigenvalue weighted by atomic mass is 16.7. The molecule has 50 heavy (non-hydrogen) atoms. The molecule has 13 nitrogen and oxygen atoms in total. The van der Waals surface area contributed by atoms with E-state index < -0.39 is 112 Å². The summed E-state index contributed by atoms with van der Waals surface area (Å²) in [5.74, 6) is -7.78. The van der Waals surface area contributed by atoms with Crippen LogP contribution in [0.25, 0.3) is 0 Å². The number of carbonyl (C=O) groups is 2. The molecule has 4 saturated carbocycles. The third-order valence-electron chi connectivity index (χ3n) is 15.5. The molecular weight excluding hydrogens is 650 g/mol. The van der Waals surface area contributed by atoms with E-state index in [4.69, 9.17) is 14.2 Å². The zero-order chi connectivity index (χ0) is 36.7. The minimum Gasteiger partial charge on any atom is -0.456 e. The molecule has 1 unspecified atom stereocenters. The summed E-state index contributed by atoms with van der Waals surface area (Å²) < 4.78 is 18.7. The Labute approximate surface area is 294 Å². The van der Waals surface area contributed by atoms with E-state index in [-0.39, 0.29) is 25.3 Å². The monoisotopic (exact) mass is 709 g/mol. The van der Waals surface area contributed by atoms with Gasteiger partial charge in [0, 0.05) is 42.3 Å². The highest BCUT2D eigenvalue weighted by Gasteiger charge is 2.87. The van der Waals surface area contributed by atoms with Gasteiger partial charge in [0.1, 0.15) is 5.60 Å². The number of piperidine rings is 2. The first-order chi connectivity index (χ1) is 23.1. The van der Waals surface area contributed by atoms with Crippen molar-refractivity contribution in [1.29, 1.82) is 0 Å². The molecular formula is C37H59NO12. The molecule has 0 aromatic heterocycles. The third kappa shape index (κ3) is 4.57. The minimum atomic E-state index is -2.25. The van der Waals surface area contributed by atoms with Crippen molar-refractivity contribution in [1.82, 2.24) is 4.90 Å². The molecule has 19 atom stereocenters. The lowest BCUT2D eigenvalue weighted by Crippen LogP contribution is -2.77. The van der Waals surface area contributed by atoms with Crippen LogP contribution in [0.1, 0.15) is 93.4 Å². The van der Waals surface area contributed by atoms with Crippen LogP contribution in [0.5, 0.6) is 0 Å². The standard InChI is InChI=1S/C37H59NO12/c1-8-18(3)30(42)49-29-27(41)26-20(16-38-15-17(2)9-10-24(38)34(26,7)45)21-14-35-28(36(21,29)46)22(40)13-23-32(35,5)12-11-25(37(23,47)50-35)48-31(43)33(6,44)19(4)39/h17-29,39-41,44-47H,8-16H2,1-7H3/t17-,18+,19+,20-,21-,22+,23-,24-,25-,26+,27+,28+,29-,32-,33-,34?,35+,36-,37-/m0/s1. The lowest BCUT2D eigenvalue weighted by Gasteiger charge is -2.64. The first-order valence-corrected chi connectivity index (χ1v) is 18.9. The van der Waals surface area contributed by atoms with E-state index in [2.05, 4.69) is 11.8 Å². The average molecular weight is 710 g/mol. The van der Waals surface area contributed by atoms with Gasteiger partial charge in [-0.15, -0.1) is 0 Å². The lowest BCUT2D eigenvalue weighted by molar-refractivity contribution is -0.300. The van der Waals surface area contributed by atoms with E-state index >= 15 is 0 Å². The highest BCUT2D eigenvalue weighted by molar-refractivity contribution is 5.79. The molecule has 0 aromatic carbocycles. The molecule has 7 rings (SSSR count). The maximum atomic E-state index is 13.5. The predicted molar refractivity (Wildman–Crippen MR) is 176 cm³/mol. The Morgan fingerprint density at radius 2 is 1.74 bits per heavy atom. The van der Waals surface area contributed by atoms with Crippen LogP contribution in [0, 0.1) is 46.8 Å². The van der Waals surface area contributed by atoms with Gasteiger partial charge >= 0.3 is 11.9 Å². The van der Waals surface area contributed by atoms with Crippen LogP contribution in [0.4, 0.5) is 0 Å². The Balaban J connectivity index is 1.34. The first-order valence-electron chi connectivity index (χ1n) is 18.9. The molecule has 1 spiro atoms. The van der Waals surface area contributed by atoms with E-state index in [1.165, 1.54) is 6.92 Å². The van der Waals surface area contributed by atoms with Gasteiger partial charge < -0.3 is 50.0 Å². The van der Waals surface area contributed by atoms with E-state index in [1.807, 2.05) is 13.8 Å². The van der Waals surface area contributed by atoms with Gasteiger partial charge in [-0.2, -0.15) is 0 Å². The van der Waals surface area contributed by atoms with Crippen molar-refractivity contribution >= 4 is 11.9 Å². The van der Waals surface area contributed by atoms with Crippen molar-refractivity contribution in [3.63, 3.8) is 0 Å². The van der Waals surface area contributed by atoms with Gasteiger partial charge in [-0.05, 0) is 83.5 Å². The fourth-order valence-electron chi connectivity index (χ4n) is 12.5. The van der Waals surface area contributed by atoms with Crippen LogP contribution in [0.2, 0.25) is 0 Å². The van der Waals surface area contributed by atoms with Crippen LogP contribution >= 0.6 is 0 Å². The second-order valence-electron chi connectivity index (χ2n) is 18.2. The van der Waals surface area contributed by atoms with Gasteiger partial charge in [-0.1, -0.05) is 27.7 Å². The average Bonchev–Trinajstić information content (AvgIpc) is 3.31. The van der Waals surface area contributed by atoms with Crippen LogP contribution in [0.15, 0.2) is 0 Å². The maximum Gasteiger partial charge on any atom is 0.341 e. The summed E-state index contributed by atoms with van der Waals surface area (Å²) in [5.41, 5.74) is -7.89. The summed E-state index contributed by atoms with van der Waals surface area (Å²) in [6.07, 6.45) is -4.15. The number of aliphatic hydroxyl groups is 7. The van der Waals surface area contributed by atoms with Crippen molar-refractivity contribution < 1.29 is 59.5 Å². The van der Waals surface area contributed by atoms with Crippen LogP contribution in [-0.4, -0.2) is 130 Å². The van der Waals surface area contributed by atoms with E-state index in [9.17, 15) is 45.3 Å². The third-order valence-corrected chi connectivity index (χ3v) is 15.5. The van der Waals surface area contributed by atoms with Crippen molar-refractivity contribution in [3.8, 4) is 0 Å². The molecule has 0 amide bonds. The summed E-state index contributed by atoms with van der Waals surface area (Å²) in [6, 6.07) is -0.238. The molecule has 7 aliphatic rings. The van der Waals surface area contributed by atoms with Crippen molar-refractivity contribution in [3.05, 3.63) is 0 Å². The number of ether oxygens (including phenoxy) is 3. The largest absolute Gasteiger partial charge is 0.456 e. The van der Waals surface area contributed by atoms with Gasteiger partial charge in [-0.25, -0.2) is 4.79 Å². The number of rotatable bonds is 6. The van der Waals surface area contributed by atoms with Crippen LogP contribution < -0.4 is 0 Å². The zero-order valence-corrected chi connectivity index (χ0v) is 30.5. The van der Waals surface area contributed by atoms with Gasteiger partial charge in [0.2, 0.25) is 5.79 Å². The lowest BCUT2D eigenvalue weighted by atomic mass is 9.49. The summed E-state index contributed by atoms with van der Waals surface area (Å²) in [4.78, 5) is 28.9. The van der Waals surface area contributed by atoms with E-state index in [1.54, 1.807) is 13.8 Å². The molecule has 3 heterocycles. The van der Waals surface area contributed by atoms with Crippen molar-refractivity contribution in [2.24, 2.45) is 46.8 Å². The van der Waals surface area contributed by atoms with E-state index in [0.29, 0.717) is 25.3 Å². The topological polar surface area (TPSA) is 207 Å². The fraction of sp³-hybridized carbons (Fsp3) is 0.946. The van der Waals surface area contributed by atoms with Crippen molar-refractivity contribution in [2.75, 3.05) is 13.1 Å². The number of carbonyl (C=O) groups excluding carboxylic acids is 2. The Morgan fingerprint density at radius 1 is 1.06 bits per heavy atom. The Morgan fingerprint density at radius 3 is 2.38 bits per heavy atom. The molecule has 4 aliphatic carbocycles. The van der Waals surface area contributed by atoms with Gasteiger partial charge in [-0.3, -0.25) is 9.69 Å². The smallest absolute Gasteiger partial charge is 0.341 e. The zero-order valence-electron chi connectivity index (χ0n) is 30.5. The number of nitrogens with zero attached hydrogens (tertiary/aromatic N) is 1. The fourth-order valence-corrected chi connectivity index (χ4v) is 12.5.